The Labute approximate surface area is 104 Å². The molecule has 0 bridgehead atoms. The van der Waals surface area contributed by atoms with Crippen LogP contribution in [0.2, 0.25) is 0 Å². The van der Waals surface area contributed by atoms with Gasteiger partial charge < -0.3 is 10.2 Å². The molecule has 0 spiro atoms. The summed E-state index contributed by atoms with van der Waals surface area (Å²) in [7, 11) is 0. The monoisotopic (exact) mass is 252 g/mol. The van der Waals surface area contributed by atoms with Crippen LogP contribution in [0.15, 0.2) is 5.38 Å². The van der Waals surface area contributed by atoms with Crippen molar-refractivity contribution >= 4 is 17.4 Å². The van der Waals surface area contributed by atoms with Gasteiger partial charge in [0.15, 0.2) is 5.69 Å². The summed E-state index contributed by atoms with van der Waals surface area (Å²) >= 11 is 1.24. The van der Waals surface area contributed by atoms with E-state index in [4.69, 9.17) is 0 Å². The summed E-state index contributed by atoms with van der Waals surface area (Å²) in [5, 5.41) is 9.06. The van der Waals surface area contributed by atoms with Gasteiger partial charge in [-0.2, -0.15) is 0 Å². The predicted molar refractivity (Wildman–Crippen MR) is 65.0 cm³/mol. The number of carbonyl (C=O) groups excluding carboxylic acids is 1. The average molecular weight is 252 g/mol. The third kappa shape index (κ3) is 2.47. The van der Waals surface area contributed by atoms with Crippen molar-refractivity contribution in [3.05, 3.63) is 11.1 Å². The van der Waals surface area contributed by atoms with Gasteiger partial charge in [-0.3, -0.25) is 4.79 Å². The molecular weight excluding hydrogens is 236 g/mol. The first-order chi connectivity index (χ1) is 8.34. The molecule has 0 radical (unpaired) electrons. The zero-order valence-corrected chi connectivity index (χ0v) is 10.4. The molecule has 5 nitrogen and oxygen atoms in total. The molecule has 1 N–H and O–H groups in total. The van der Waals surface area contributed by atoms with Gasteiger partial charge >= 0.3 is 0 Å². The lowest BCUT2D eigenvalue weighted by Gasteiger charge is -2.24. The molecule has 17 heavy (non-hydrogen) atoms. The highest BCUT2D eigenvalue weighted by molar-refractivity contribution is 7.03. The molecule has 1 aromatic heterocycles. The quantitative estimate of drug-likeness (QED) is 0.865. The largest absolute Gasteiger partial charge is 0.333 e. The maximum absolute atomic E-state index is 12.3. The SMILES string of the molecule is O=C(c1csnn1)N(C[C@H]1CCCN1)C1CC1. The highest BCUT2D eigenvalue weighted by Crippen LogP contribution is 2.29. The smallest absolute Gasteiger partial charge is 0.275 e. The van der Waals surface area contributed by atoms with E-state index in [2.05, 4.69) is 14.9 Å². The molecule has 2 heterocycles. The lowest BCUT2D eigenvalue weighted by Crippen LogP contribution is -2.42. The van der Waals surface area contributed by atoms with Crippen molar-refractivity contribution in [1.29, 1.82) is 0 Å². The van der Waals surface area contributed by atoms with E-state index >= 15 is 0 Å². The van der Waals surface area contributed by atoms with E-state index in [1.165, 1.54) is 24.4 Å². The number of nitrogens with one attached hydrogen (secondary N) is 1. The Morgan fingerprint density at radius 3 is 3.00 bits per heavy atom. The van der Waals surface area contributed by atoms with Crippen molar-refractivity contribution in [2.75, 3.05) is 13.1 Å². The molecule has 1 amide bonds. The molecule has 3 rings (SSSR count). The Morgan fingerprint density at radius 2 is 2.41 bits per heavy atom. The van der Waals surface area contributed by atoms with E-state index in [1.54, 1.807) is 5.38 Å². The van der Waals surface area contributed by atoms with E-state index in [0.29, 0.717) is 17.8 Å². The number of carbonyl (C=O) groups is 1. The zero-order valence-electron chi connectivity index (χ0n) is 9.63. The molecule has 1 saturated carbocycles. The number of rotatable bonds is 4. The minimum atomic E-state index is 0.0509. The van der Waals surface area contributed by atoms with Crippen molar-refractivity contribution in [2.45, 2.75) is 37.8 Å². The predicted octanol–water partition coefficient (Wildman–Crippen LogP) is 0.895. The number of hydrogen-bond donors (Lipinski definition) is 1. The van der Waals surface area contributed by atoms with E-state index < -0.39 is 0 Å². The normalized spacial score (nSPS) is 23.9. The standard InChI is InChI=1S/C11H16N4OS/c16-11(10-7-17-14-13-10)15(9-3-4-9)6-8-2-1-5-12-8/h7-9,12H,1-6H2/t8-/m1/s1. The van der Waals surface area contributed by atoms with Gasteiger partial charge in [0, 0.05) is 24.0 Å². The number of hydrogen-bond acceptors (Lipinski definition) is 5. The van der Waals surface area contributed by atoms with Crippen LogP contribution in [0.1, 0.15) is 36.2 Å². The van der Waals surface area contributed by atoms with Crippen LogP contribution in [0.25, 0.3) is 0 Å². The van der Waals surface area contributed by atoms with Crippen molar-refractivity contribution in [2.24, 2.45) is 0 Å². The van der Waals surface area contributed by atoms with Crippen molar-refractivity contribution < 1.29 is 4.79 Å². The molecule has 1 atom stereocenters. The molecule has 1 saturated heterocycles. The number of amides is 1. The van der Waals surface area contributed by atoms with Crippen LogP contribution in [0.3, 0.4) is 0 Å². The Kier molecular flexibility index (Phi) is 3.07. The summed E-state index contributed by atoms with van der Waals surface area (Å²) < 4.78 is 3.77. The second kappa shape index (κ2) is 4.70. The first-order valence-electron chi connectivity index (χ1n) is 6.16. The first kappa shape index (κ1) is 11.1. The first-order valence-corrected chi connectivity index (χ1v) is 6.99. The van der Waals surface area contributed by atoms with Crippen LogP contribution >= 0.6 is 11.5 Å². The third-order valence-electron chi connectivity index (χ3n) is 3.41. The van der Waals surface area contributed by atoms with Crippen molar-refractivity contribution in [1.82, 2.24) is 19.8 Å². The topological polar surface area (TPSA) is 58.1 Å². The van der Waals surface area contributed by atoms with Gasteiger partial charge in [0.25, 0.3) is 5.91 Å². The van der Waals surface area contributed by atoms with Crippen LogP contribution in [-0.2, 0) is 0 Å². The molecule has 2 aliphatic rings. The second-order valence-electron chi connectivity index (χ2n) is 4.77. The molecule has 1 aliphatic carbocycles. The summed E-state index contributed by atoms with van der Waals surface area (Å²) in [6, 6.07) is 0.901. The van der Waals surface area contributed by atoms with E-state index in [1.807, 2.05) is 4.90 Å². The minimum absolute atomic E-state index is 0.0509. The number of aromatic nitrogens is 2. The lowest BCUT2D eigenvalue weighted by molar-refractivity contribution is 0.0722. The van der Waals surface area contributed by atoms with Gasteiger partial charge in [0.05, 0.1) is 0 Å². The summed E-state index contributed by atoms with van der Waals surface area (Å²) in [5.74, 6) is 0.0509. The Bertz CT molecular complexity index is 384. The molecule has 6 heteroatoms. The maximum Gasteiger partial charge on any atom is 0.275 e. The second-order valence-corrected chi connectivity index (χ2v) is 5.38. The maximum atomic E-state index is 12.3. The molecule has 0 aromatic carbocycles. The summed E-state index contributed by atoms with van der Waals surface area (Å²) in [4.78, 5) is 14.3. The summed E-state index contributed by atoms with van der Waals surface area (Å²) in [6.45, 7) is 1.90. The van der Waals surface area contributed by atoms with E-state index in [-0.39, 0.29) is 5.91 Å². The van der Waals surface area contributed by atoms with Crippen LogP contribution in [-0.4, -0.2) is 45.6 Å². The fourth-order valence-corrected chi connectivity index (χ4v) is 2.77. The van der Waals surface area contributed by atoms with Gasteiger partial charge in [-0.05, 0) is 43.8 Å². The average Bonchev–Trinajstić information content (AvgIpc) is 2.86. The minimum Gasteiger partial charge on any atom is -0.333 e. The molecular formula is C11H16N4OS. The van der Waals surface area contributed by atoms with Gasteiger partial charge in [-0.25, -0.2) is 0 Å². The fraction of sp³-hybridized carbons (Fsp3) is 0.727. The van der Waals surface area contributed by atoms with Gasteiger partial charge in [0.2, 0.25) is 0 Å². The van der Waals surface area contributed by atoms with Crippen LogP contribution < -0.4 is 5.32 Å². The zero-order chi connectivity index (χ0) is 11.7. The third-order valence-corrected chi connectivity index (χ3v) is 3.91. The van der Waals surface area contributed by atoms with Crippen LogP contribution in [0.5, 0.6) is 0 Å². The fourth-order valence-electron chi connectivity index (χ4n) is 2.34. The molecule has 1 aromatic rings. The van der Waals surface area contributed by atoms with Gasteiger partial charge in [-0.1, -0.05) is 4.49 Å². The lowest BCUT2D eigenvalue weighted by atomic mass is 10.2. The highest BCUT2D eigenvalue weighted by atomic mass is 32.1. The summed E-state index contributed by atoms with van der Waals surface area (Å²) in [6.07, 6.45) is 4.66. The molecule has 1 aliphatic heterocycles. The van der Waals surface area contributed by atoms with Gasteiger partial charge in [-0.15, -0.1) is 5.10 Å². The molecule has 92 valence electrons. The molecule has 0 unspecified atom stereocenters. The Hall–Kier alpha value is -1.01. The Morgan fingerprint density at radius 1 is 1.53 bits per heavy atom. The molecule has 2 fully saturated rings. The van der Waals surface area contributed by atoms with Gasteiger partial charge in [0.1, 0.15) is 0 Å². The Balaban J connectivity index is 1.69. The number of nitrogens with zero attached hydrogens (tertiary/aromatic N) is 3. The highest BCUT2D eigenvalue weighted by Gasteiger charge is 2.35. The van der Waals surface area contributed by atoms with Crippen molar-refractivity contribution in [3.63, 3.8) is 0 Å². The van der Waals surface area contributed by atoms with Crippen LogP contribution in [0.4, 0.5) is 0 Å². The van der Waals surface area contributed by atoms with Crippen molar-refractivity contribution in [3.8, 4) is 0 Å². The van der Waals surface area contributed by atoms with Crippen LogP contribution in [0, 0.1) is 0 Å². The van der Waals surface area contributed by atoms with E-state index in [9.17, 15) is 4.79 Å². The summed E-state index contributed by atoms with van der Waals surface area (Å²) in [5.41, 5.74) is 0.500. The van der Waals surface area contributed by atoms with E-state index in [0.717, 1.165) is 25.9 Å².